The van der Waals surface area contributed by atoms with Crippen LogP contribution in [0.2, 0.25) is 0 Å². The van der Waals surface area contributed by atoms with Crippen LogP contribution in [-0.2, 0) is 17.5 Å². The third kappa shape index (κ3) is 2.97. The van der Waals surface area contributed by atoms with Crippen molar-refractivity contribution in [3.63, 3.8) is 0 Å². The Bertz CT molecular complexity index is 775. The van der Waals surface area contributed by atoms with Gasteiger partial charge in [-0.25, -0.2) is 9.69 Å². The first-order valence-corrected chi connectivity index (χ1v) is 7.20. The molecule has 1 fully saturated rings. The second kappa shape index (κ2) is 5.99. The van der Waals surface area contributed by atoms with Crippen LogP contribution in [0.25, 0.3) is 0 Å². The van der Waals surface area contributed by atoms with Crippen LogP contribution in [0.1, 0.15) is 11.1 Å². The SMILES string of the molecule is O=C1CN(Cc2ccccc2)C(=O)N1c1ccccc1C(F)(F)F. The number of nitrogens with zero attached hydrogens (tertiary/aromatic N) is 2. The molecule has 0 radical (unpaired) electrons. The van der Waals surface area contributed by atoms with Crippen LogP contribution >= 0.6 is 0 Å². The molecule has 3 rings (SSSR count). The molecular formula is C17H13F3N2O2. The second-order valence-corrected chi connectivity index (χ2v) is 5.37. The molecule has 3 amide bonds. The normalized spacial score (nSPS) is 15.3. The van der Waals surface area contributed by atoms with Gasteiger partial charge in [-0.05, 0) is 17.7 Å². The number of carbonyl (C=O) groups is 2. The Balaban J connectivity index is 1.91. The predicted molar refractivity (Wildman–Crippen MR) is 81.2 cm³/mol. The highest BCUT2D eigenvalue weighted by Crippen LogP contribution is 2.37. The Kier molecular flexibility index (Phi) is 4.01. The van der Waals surface area contributed by atoms with E-state index in [2.05, 4.69) is 0 Å². The summed E-state index contributed by atoms with van der Waals surface area (Å²) in [5.74, 6) is -0.673. The summed E-state index contributed by atoms with van der Waals surface area (Å²) >= 11 is 0. The Morgan fingerprint density at radius 2 is 1.54 bits per heavy atom. The Morgan fingerprint density at radius 1 is 0.917 bits per heavy atom. The summed E-state index contributed by atoms with van der Waals surface area (Å²) in [6.07, 6.45) is -4.65. The van der Waals surface area contributed by atoms with Gasteiger partial charge in [-0.2, -0.15) is 13.2 Å². The van der Waals surface area contributed by atoms with Gasteiger partial charge in [0, 0.05) is 6.54 Å². The van der Waals surface area contributed by atoms with Gasteiger partial charge in [0.2, 0.25) is 0 Å². The molecule has 2 aromatic rings. The lowest BCUT2D eigenvalue weighted by Gasteiger charge is -2.20. The topological polar surface area (TPSA) is 40.6 Å². The van der Waals surface area contributed by atoms with Gasteiger partial charge in [-0.15, -0.1) is 0 Å². The molecule has 24 heavy (non-hydrogen) atoms. The smallest absolute Gasteiger partial charge is 0.310 e. The lowest BCUT2D eigenvalue weighted by molar-refractivity contribution is -0.137. The minimum Gasteiger partial charge on any atom is -0.310 e. The number of benzene rings is 2. The number of hydrogen-bond acceptors (Lipinski definition) is 2. The second-order valence-electron chi connectivity index (χ2n) is 5.37. The molecule has 0 aromatic heterocycles. The molecule has 7 heteroatoms. The zero-order valence-corrected chi connectivity index (χ0v) is 12.5. The number of urea groups is 1. The van der Waals surface area contributed by atoms with E-state index in [9.17, 15) is 22.8 Å². The van der Waals surface area contributed by atoms with Crippen molar-refractivity contribution in [1.29, 1.82) is 0 Å². The van der Waals surface area contributed by atoms with Crippen LogP contribution in [0.5, 0.6) is 0 Å². The van der Waals surface area contributed by atoms with Crippen molar-refractivity contribution >= 4 is 17.6 Å². The molecule has 0 bridgehead atoms. The number of rotatable bonds is 3. The zero-order chi connectivity index (χ0) is 17.3. The number of carbonyl (C=O) groups excluding carboxylic acids is 2. The summed E-state index contributed by atoms with van der Waals surface area (Å²) in [4.78, 5) is 26.5. The first-order valence-electron chi connectivity index (χ1n) is 7.20. The predicted octanol–water partition coefficient (Wildman–Crippen LogP) is 3.67. The average Bonchev–Trinajstić information content (AvgIpc) is 2.81. The molecule has 0 spiro atoms. The van der Waals surface area contributed by atoms with Gasteiger partial charge in [0.05, 0.1) is 11.3 Å². The van der Waals surface area contributed by atoms with Gasteiger partial charge in [-0.1, -0.05) is 42.5 Å². The minimum absolute atomic E-state index is 0.163. The summed E-state index contributed by atoms with van der Waals surface area (Å²) in [6, 6.07) is 12.8. The summed E-state index contributed by atoms with van der Waals surface area (Å²) in [7, 11) is 0. The highest BCUT2D eigenvalue weighted by molar-refractivity contribution is 6.20. The summed E-state index contributed by atoms with van der Waals surface area (Å²) < 4.78 is 39.4. The summed E-state index contributed by atoms with van der Waals surface area (Å²) in [6.45, 7) is -0.0873. The first-order chi connectivity index (χ1) is 11.4. The van der Waals surface area contributed by atoms with Crippen molar-refractivity contribution in [2.45, 2.75) is 12.7 Å². The number of anilines is 1. The number of para-hydroxylation sites is 1. The molecule has 0 saturated carbocycles. The van der Waals surface area contributed by atoms with E-state index >= 15 is 0 Å². The van der Waals surface area contributed by atoms with Crippen LogP contribution < -0.4 is 4.90 Å². The van der Waals surface area contributed by atoms with Crippen molar-refractivity contribution in [2.24, 2.45) is 0 Å². The van der Waals surface area contributed by atoms with E-state index in [-0.39, 0.29) is 13.1 Å². The fraction of sp³-hybridized carbons (Fsp3) is 0.176. The Morgan fingerprint density at radius 3 is 2.21 bits per heavy atom. The van der Waals surface area contributed by atoms with Crippen molar-refractivity contribution in [3.05, 3.63) is 65.7 Å². The van der Waals surface area contributed by atoms with Crippen molar-refractivity contribution in [2.75, 3.05) is 11.4 Å². The van der Waals surface area contributed by atoms with Crippen LogP contribution in [0.15, 0.2) is 54.6 Å². The molecule has 0 aliphatic carbocycles. The quantitative estimate of drug-likeness (QED) is 0.804. The molecule has 1 saturated heterocycles. The standard InChI is InChI=1S/C17H13F3N2O2/c18-17(19,20)13-8-4-5-9-14(13)22-15(23)11-21(16(22)24)10-12-6-2-1-3-7-12/h1-9H,10-11H2. The molecule has 124 valence electrons. The van der Waals surface area contributed by atoms with Gasteiger partial charge in [0.1, 0.15) is 6.54 Å². The Hall–Kier alpha value is -2.83. The lowest BCUT2D eigenvalue weighted by Crippen LogP contribution is -2.34. The number of halogens is 3. The fourth-order valence-corrected chi connectivity index (χ4v) is 2.62. The molecule has 0 atom stereocenters. The largest absolute Gasteiger partial charge is 0.418 e. The van der Waals surface area contributed by atoms with E-state index in [0.29, 0.717) is 4.90 Å². The number of imide groups is 1. The molecule has 2 aromatic carbocycles. The van der Waals surface area contributed by atoms with Crippen molar-refractivity contribution < 1.29 is 22.8 Å². The molecule has 1 aliphatic rings. The van der Waals surface area contributed by atoms with Gasteiger partial charge in [-0.3, -0.25) is 4.79 Å². The fourth-order valence-electron chi connectivity index (χ4n) is 2.62. The highest BCUT2D eigenvalue weighted by Gasteiger charge is 2.42. The molecule has 0 unspecified atom stereocenters. The number of hydrogen-bond donors (Lipinski definition) is 0. The van der Waals surface area contributed by atoms with E-state index in [1.165, 1.54) is 17.0 Å². The van der Waals surface area contributed by atoms with E-state index < -0.39 is 29.4 Å². The van der Waals surface area contributed by atoms with Crippen molar-refractivity contribution in [1.82, 2.24) is 4.90 Å². The molecule has 1 heterocycles. The lowest BCUT2D eigenvalue weighted by atomic mass is 10.1. The maximum Gasteiger partial charge on any atom is 0.418 e. The van der Waals surface area contributed by atoms with E-state index in [1.807, 2.05) is 6.07 Å². The van der Waals surface area contributed by atoms with Crippen LogP contribution in [0.4, 0.5) is 23.7 Å². The molecule has 4 nitrogen and oxygen atoms in total. The third-order valence-corrected chi connectivity index (χ3v) is 3.70. The third-order valence-electron chi connectivity index (χ3n) is 3.70. The van der Waals surface area contributed by atoms with Crippen LogP contribution in [-0.4, -0.2) is 23.4 Å². The first kappa shape index (κ1) is 16.0. The highest BCUT2D eigenvalue weighted by atomic mass is 19.4. The van der Waals surface area contributed by atoms with Crippen LogP contribution in [0, 0.1) is 0 Å². The van der Waals surface area contributed by atoms with E-state index in [1.54, 1.807) is 24.3 Å². The molecule has 1 aliphatic heterocycles. The van der Waals surface area contributed by atoms with E-state index in [0.717, 1.165) is 17.7 Å². The number of amides is 3. The number of alkyl halides is 3. The maximum absolute atomic E-state index is 13.1. The van der Waals surface area contributed by atoms with Crippen LogP contribution in [0.3, 0.4) is 0 Å². The molecule has 0 N–H and O–H groups in total. The van der Waals surface area contributed by atoms with Gasteiger partial charge in [0.25, 0.3) is 5.91 Å². The van der Waals surface area contributed by atoms with E-state index in [4.69, 9.17) is 0 Å². The van der Waals surface area contributed by atoms with Gasteiger partial charge >= 0.3 is 12.2 Å². The van der Waals surface area contributed by atoms with Gasteiger partial charge in [0.15, 0.2) is 0 Å². The van der Waals surface area contributed by atoms with Crippen molar-refractivity contribution in [3.8, 4) is 0 Å². The summed E-state index contributed by atoms with van der Waals surface area (Å²) in [5, 5.41) is 0. The maximum atomic E-state index is 13.1. The van der Waals surface area contributed by atoms with Gasteiger partial charge < -0.3 is 4.90 Å². The minimum atomic E-state index is -4.65. The monoisotopic (exact) mass is 334 g/mol. The average molecular weight is 334 g/mol. The Labute approximate surface area is 136 Å². The molecular weight excluding hydrogens is 321 g/mol. The zero-order valence-electron chi connectivity index (χ0n) is 12.5. The summed E-state index contributed by atoms with van der Waals surface area (Å²) in [5.41, 5.74) is -0.645.